The van der Waals surface area contributed by atoms with E-state index in [1.807, 2.05) is 24.8 Å². The maximum Gasteiger partial charge on any atom is 0.263 e. The maximum absolute atomic E-state index is 12.6. The number of amides is 1. The fourth-order valence-corrected chi connectivity index (χ4v) is 2.75. The van der Waals surface area contributed by atoms with E-state index in [0.29, 0.717) is 5.92 Å². The molecule has 1 aromatic carbocycles. The number of likely N-dealkylation sites (N-methyl/N-ethyl adjacent to an activating group) is 1. The number of benzene rings is 1. The quantitative estimate of drug-likeness (QED) is 0.857. The van der Waals surface area contributed by atoms with Crippen molar-refractivity contribution in [1.82, 2.24) is 9.80 Å². The molecule has 0 N–H and O–H groups in total. The summed E-state index contributed by atoms with van der Waals surface area (Å²) in [4.78, 5) is 16.7. The second kappa shape index (κ2) is 7.14. The lowest BCUT2D eigenvalue weighted by molar-refractivity contribution is -0.139. The lowest BCUT2D eigenvalue weighted by atomic mass is 10.0. The predicted molar refractivity (Wildman–Crippen MR) is 89.4 cm³/mol. The maximum atomic E-state index is 12.6. The van der Waals surface area contributed by atoms with Crippen molar-refractivity contribution in [3.05, 3.63) is 29.3 Å². The van der Waals surface area contributed by atoms with Crippen LogP contribution in [0.15, 0.2) is 18.2 Å². The SMILES string of the molecule is Cc1ccc(C(C)C)c(OC(C)C(=O)N2CCN(C)CC2)c1. The molecule has 1 saturated heterocycles. The van der Waals surface area contributed by atoms with E-state index in [1.54, 1.807) is 0 Å². The normalized spacial score (nSPS) is 17.6. The Bertz CT molecular complexity index is 520. The van der Waals surface area contributed by atoms with Crippen LogP contribution < -0.4 is 4.74 Å². The van der Waals surface area contributed by atoms with Gasteiger partial charge in [0, 0.05) is 26.2 Å². The van der Waals surface area contributed by atoms with Crippen LogP contribution in [0.2, 0.25) is 0 Å². The molecule has 4 heteroatoms. The molecule has 1 atom stereocenters. The number of hydrogen-bond acceptors (Lipinski definition) is 3. The van der Waals surface area contributed by atoms with Crippen molar-refractivity contribution in [3.63, 3.8) is 0 Å². The van der Waals surface area contributed by atoms with Crippen LogP contribution in [-0.2, 0) is 4.79 Å². The van der Waals surface area contributed by atoms with Gasteiger partial charge in [-0.05, 0) is 44.0 Å². The highest BCUT2D eigenvalue weighted by molar-refractivity contribution is 5.81. The molecule has 122 valence electrons. The molecule has 1 aliphatic rings. The zero-order valence-corrected chi connectivity index (χ0v) is 14.4. The third-order valence-corrected chi connectivity index (χ3v) is 4.26. The van der Waals surface area contributed by atoms with Crippen LogP contribution in [0.5, 0.6) is 5.75 Å². The molecule has 1 unspecified atom stereocenters. The molecule has 0 aliphatic carbocycles. The zero-order chi connectivity index (χ0) is 16.3. The highest BCUT2D eigenvalue weighted by atomic mass is 16.5. The summed E-state index contributed by atoms with van der Waals surface area (Å²) in [5.41, 5.74) is 2.31. The zero-order valence-electron chi connectivity index (χ0n) is 14.4. The summed E-state index contributed by atoms with van der Waals surface area (Å²) in [7, 11) is 2.09. The molecule has 4 nitrogen and oxygen atoms in total. The van der Waals surface area contributed by atoms with E-state index in [2.05, 4.69) is 37.9 Å². The summed E-state index contributed by atoms with van der Waals surface area (Å²) in [6.45, 7) is 11.6. The van der Waals surface area contributed by atoms with Crippen molar-refractivity contribution >= 4 is 5.91 Å². The van der Waals surface area contributed by atoms with Crippen molar-refractivity contribution in [1.29, 1.82) is 0 Å². The number of carbonyl (C=O) groups excluding carboxylic acids is 1. The molecular formula is C18H28N2O2. The number of hydrogen-bond donors (Lipinski definition) is 0. The van der Waals surface area contributed by atoms with Gasteiger partial charge in [0.15, 0.2) is 6.10 Å². The average molecular weight is 304 g/mol. The van der Waals surface area contributed by atoms with Crippen molar-refractivity contribution in [2.75, 3.05) is 33.2 Å². The lowest BCUT2D eigenvalue weighted by Crippen LogP contribution is -2.50. The molecule has 0 saturated carbocycles. The first-order valence-corrected chi connectivity index (χ1v) is 8.13. The minimum Gasteiger partial charge on any atom is -0.481 e. The Kier molecular flexibility index (Phi) is 5.46. The number of carbonyl (C=O) groups is 1. The molecular weight excluding hydrogens is 276 g/mol. The van der Waals surface area contributed by atoms with Gasteiger partial charge in [-0.25, -0.2) is 0 Å². The Morgan fingerprint density at radius 3 is 2.36 bits per heavy atom. The van der Waals surface area contributed by atoms with E-state index < -0.39 is 6.10 Å². The van der Waals surface area contributed by atoms with Crippen molar-refractivity contribution in [2.45, 2.75) is 39.7 Å². The van der Waals surface area contributed by atoms with E-state index >= 15 is 0 Å². The van der Waals surface area contributed by atoms with Gasteiger partial charge in [0.25, 0.3) is 5.91 Å². The van der Waals surface area contributed by atoms with Gasteiger partial charge in [-0.2, -0.15) is 0 Å². The highest BCUT2D eigenvalue weighted by Crippen LogP contribution is 2.28. The molecule has 22 heavy (non-hydrogen) atoms. The van der Waals surface area contributed by atoms with Crippen LogP contribution in [0.1, 0.15) is 37.8 Å². The van der Waals surface area contributed by atoms with Gasteiger partial charge in [-0.1, -0.05) is 26.0 Å². The summed E-state index contributed by atoms with van der Waals surface area (Å²) in [5, 5.41) is 0. The van der Waals surface area contributed by atoms with E-state index in [4.69, 9.17) is 4.74 Å². The van der Waals surface area contributed by atoms with Crippen molar-refractivity contribution in [3.8, 4) is 5.75 Å². The minimum atomic E-state index is -0.442. The van der Waals surface area contributed by atoms with Crippen LogP contribution in [0.25, 0.3) is 0 Å². The molecule has 0 spiro atoms. The standard InChI is InChI=1S/C18H28N2O2/c1-13(2)16-7-6-14(3)12-17(16)22-15(4)18(21)20-10-8-19(5)9-11-20/h6-7,12-13,15H,8-11H2,1-5H3. The summed E-state index contributed by atoms with van der Waals surface area (Å²) >= 11 is 0. The smallest absolute Gasteiger partial charge is 0.263 e. The average Bonchev–Trinajstić information content (AvgIpc) is 2.47. The summed E-state index contributed by atoms with van der Waals surface area (Å²) < 4.78 is 6.02. The molecule has 0 aromatic heterocycles. The first-order valence-electron chi connectivity index (χ1n) is 8.13. The van der Waals surface area contributed by atoms with Crippen LogP contribution >= 0.6 is 0 Å². The van der Waals surface area contributed by atoms with E-state index in [-0.39, 0.29) is 5.91 Å². The van der Waals surface area contributed by atoms with Gasteiger partial charge in [0.05, 0.1) is 0 Å². The number of nitrogens with zero attached hydrogens (tertiary/aromatic N) is 2. The van der Waals surface area contributed by atoms with Gasteiger partial charge in [0.1, 0.15) is 5.75 Å². The molecule has 1 aliphatic heterocycles. The summed E-state index contributed by atoms with van der Waals surface area (Å²) in [5.74, 6) is 1.30. The Balaban J connectivity index is 2.06. The third-order valence-electron chi connectivity index (χ3n) is 4.26. The van der Waals surface area contributed by atoms with Gasteiger partial charge in [-0.3, -0.25) is 4.79 Å². The third kappa shape index (κ3) is 4.01. The van der Waals surface area contributed by atoms with Crippen LogP contribution in [0.4, 0.5) is 0 Å². The van der Waals surface area contributed by atoms with Crippen LogP contribution in [-0.4, -0.2) is 55.0 Å². The Hall–Kier alpha value is -1.55. The largest absolute Gasteiger partial charge is 0.481 e. The van der Waals surface area contributed by atoms with Crippen molar-refractivity contribution < 1.29 is 9.53 Å². The number of rotatable bonds is 4. The molecule has 1 aromatic rings. The van der Waals surface area contributed by atoms with E-state index in [1.165, 1.54) is 0 Å². The molecule has 1 fully saturated rings. The van der Waals surface area contributed by atoms with Gasteiger partial charge >= 0.3 is 0 Å². The first kappa shape index (κ1) is 16.8. The molecule has 0 bridgehead atoms. The Labute approximate surface area is 134 Å². The van der Waals surface area contributed by atoms with Gasteiger partial charge in [-0.15, -0.1) is 0 Å². The van der Waals surface area contributed by atoms with Crippen molar-refractivity contribution in [2.24, 2.45) is 0 Å². The topological polar surface area (TPSA) is 32.8 Å². The number of piperazine rings is 1. The fraction of sp³-hybridized carbons (Fsp3) is 0.611. The van der Waals surface area contributed by atoms with Crippen LogP contribution in [0, 0.1) is 6.92 Å². The fourth-order valence-electron chi connectivity index (χ4n) is 2.75. The van der Waals surface area contributed by atoms with Crippen LogP contribution in [0.3, 0.4) is 0 Å². The first-order chi connectivity index (χ1) is 10.4. The minimum absolute atomic E-state index is 0.0873. The molecule has 2 rings (SSSR count). The Morgan fingerprint density at radius 2 is 1.77 bits per heavy atom. The monoisotopic (exact) mass is 304 g/mol. The Morgan fingerprint density at radius 1 is 1.14 bits per heavy atom. The van der Waals surface area contributed by atoms with Gasteiger partial charge in [0.2, 0.25) is 0 Å². The summed E-state index contributed by atoms with van der Waals surface area (Å²) in [6, 6.07) is 6.22. The van der Waals surface area contributed by atoms with E-state index in [0.717, 1.165) is 43.1 Å². The highest BCUT2D eigenvalue weighted by Gasteiger charge is 2.25. The second-order valence-corrected chi connectivity index (χ2v) is 6.58. The summed E-state index contributed by atoms with van der Waals surface area (Å²) in [6.07, 6.45) is -0.442. The number of aryl methyl sites for hydroxylation is 1. The predicted octanol–water partition coefficient (Wildman–Crippen LogP) is 2.66. The van der Waals surface area contributed by atoms with Gasteiger partial charge < -0.3 is 14.5 Å². The molecule has 0 radical (unpaired) electrons. The second-order valence-electron chi connectivity index (χ2n) is 6.58. The number of ether oxygens (including phenoxy) is 1. The lowest BCUT2D eigenvalue weighted by Gasteiger charge is -2.34. The molecule has 1 amide bonds. The van der Waals surface area contributed by atoms with E-state index in [9.17, 15) is 4.79 Å². The molecule has 1 heterocycles.